The third kappa shape index (κ3) is 4.27. The first kappa shape index (κ1) is 14.4. The van der Waals surface area contributed by atoms with E-state index < -0.39 is 6.36 Å². The van der Waals surface area contributed by atoms with Crippen LogP contribution in [-0.2, 0) is 6.54 Å². The highest BCUT2D eigenvalue weighted by Crippen LogP contribution is 2.26. The van der Waals surface area contributed by atoms with Gasteiger partial charge in [0.05, 0.1) is 17.4 Å². The Morgan fingerprint density at radius 2 is 1.80 bits per heavy atom. The molecule has 8 heteroatoms. The summed E-state index contributed by atoms with van der Waals surface area (Å²) in [7, 11) is 0. The van der Waals surface area contributed by atoms with Crippen molar-refractivity contribution in [1.29, 1.82) is 0 Å². The van der Waals surface area contributed by atoms with Crippen LogP contribution in [0.15, 0.2) is 36.7 Å². The highest BCUT2D eigenvalue weighted by Gasteiger charge is 2.31. The van der Waals surface area contributed by atoms with Crippen LogP contribution in [0.5, 0.6) is 5.75 Å². The lowest BCUT2D eigenvalue weighted by Gasteiger charge is -2.13. The lowest BCUT2D eigenvalue weighted by atomic mass is 10.2. The van der Waals surface area contributed by atoms with Gasteiger partial charge in [-0.2, -0.15) is 0 Å². The molecule has 0 fully saturated rings. The molecule has 1 heterocycles. The molecule has 106 valence electrons. The van der Waals surface area contributed by atoms with Crippen LogP contribution >= 0.6 is 11.6 Å². The van der Waals surface area contributed by atoms with Crippen LogP contribution in [0.3, 0.4) is 0 Å². The minimum Gasteiger partial charge on any atom is -0.405 e. The zero-order valence-electron chi connectivity index (χ0n) is 9.99. The smallest absolute Gasteiger partial charge is 0.405 e. The van der Waals surface area contributed by atoms with E-state index in [-0.39, 0.29) is 18.2 Å². The predicted molar refractivity (Wildman–Crippen MR) is 67.5 cm³/mol. The first-order valence-corrected chi connectivity index (χ1v) is 5.87. The van der Waals surface area contributed by atoms with E-state index >= 15 is 0 Å². The van der Waals surface area contributed by atoms with Crippen LogP contribution in [0.2, 0.25) is 5.02 Å². The molecule has 0 saturated heterocycles. The number of alkyl halides is 3. The fourth-order valence-corrected chi connectivity index (χ4v) is 1.55. The zero-order chi connectivity index (χ0) is 14.6. The van der Waals surface area contributed by atoms with Gasteiger partial charge in [0.2, 0.25) is 5.95 Å². The van der Waals surface area contributed by atoms with Gasteiger partial charge in [-0.3, -0.25) is 0 Å². The molecule has 1 aromatic heterocycles. The van der Waals surface area contributed by atoms with Gasteiger partial charge in [-0.05, 0) is 6.07 Å². The summed E-state index contributed by atoms with van der Waals surface area (Å²) in [5.41, 5.74) is 0.336. The van der Waals surface area contributed by atoms with Gasteiger partial charge in [0.1, 0.15) is 5.75 Å². The van der Waals surface area contributed by atoms with Gasteiger partial charge < -0.3 is 10.1 Å². The van der Waals surface area contributed by atoms with Crippen LogP contribution in [-0.4, -0.2) is 16.3 Å². The summed E-state index contributed by atoms with van der Waals surface area (Å²) in [6, 6.07) is 5.84. The van der Waals surface area contributed by atoms with Crippen LogP contribution in [0.1, 0.15) is 5.56 Å². The van der Waals surface area contributed by atoms with Crippen molar-refractivity contribution in [3.63, 3.8) is 0 Å². The molecule has 0 saturated carbocycles. The molecule has 0 amide bonds. The van der Waals surface area contributed by atoms with Crippen LogP contribution in [0.25, 0.3) is 0 Å². The number of aromatic nitrogens is 2. The molecule has 0 spiro atoms. The van der Waals surface area contributed by atoms with Gasteiger partial charge in [-0.1, -0.05) is 29.8 Å². The van der Waals surface area contributed by atoms with Gasteiger partial charge in [-0.15, -0.1) is 13.2 Å². The summed E-state index contributed by atoms with van der Waals surface area (Å²) >= 11 is 5.63. The van der Waals surface area contributed by atoms with Gasteiger partial charge in [0, 0.05) is 12.1 Å². The summed E-state index contributed by atoms with van der Waals surface area (Å²) < 4.78 is 40.7. The molecule has 0 atom stereocenters. The Kier molecular flexibility index (Phi) is 4.29. The van der Waals surface area contributed by atoms with Gasteiger partial charge in [-0.25, -0.2) is 9.97 Å². The van der Waals surface area contributed by atoms with Crippen LogP contribution in [0.4, 0.5) is 19.1 Å². The maximum Gasteiger partial charge on any atom is 0.573 e. The molecular formula is C12H9ClF3N3O. The fraction of sp³-hybridized carbons (Fsp3) is 0.167. The third-order valence-electron chi connectivity index (χ3n) is 2.26. The second-order valence-electron chi connectivity index (χ2n) is 3.73. The minimum absolute atomic E-state index is 0.0912. The van der Waals surface area contributed by atoms with Gasteiger partial charge >= 0.3 is 6.36 Å². The van der Waals surface area contributed by atoms with E-state index in [0.29, 0.717) is 10.6 Å². The normalized spacial score (nSPS) is 11.2. The number of hydrogen-bond donors (Lipinski definition) is 1. The lowest BCUT2D eigenvalue weighted by Crippen LogP contribution is -2.18. The van der Waals surface area contributed by atoms with Crippen molar-refractivity contribution in [2.45, 2.75) is 12.9 Å². The topological polar surface area (TPSA) is 47.0 Å². The van der Waals surface area contributed by atoms with Crippen molar-refractivity contribution in [2.75, 3.05) is 5.32 Å². The van der Waals surface area contributed by atoms with Crippen molar-refractivity contribution >= 4 is 17.5 Å². The Morgan fingerprint density at radius 3 is 2.45 bits per heavy atom. The Morgan fingerprint density at radius 1 is 1.15 bits per heavy atom. The highest BCUT2D eigenvalue weighted by atomic mass is 35.5. The molecule has 1 N–H and O–H groups in total. The molecule has 0 unspecified atom stereocenters. The first-order chi connectivity index (χ1) is 9.44. The van der Waals surface area contributed by atoms with Gasteiger partial charge in [0.25, 0.3) is 0 Å². The molecule has 0 aliphatic carbocycles. The summed E-state index contributed by atoms with van der Waals surface area (Å²) in [5.74, 6) is -0.00215. The van der Waals surface area contributed by atoms with E-state index in [4.69, 9.17) is 11.6 Å². The lowest BCUT2D eigenvalue weighted by molar-refractivity contribution is -0.274. The molecule has 1 aromatic carbocycles. The summed E-state index contributed by atoms with van der Waals surface area (Å²) in [6.07, 6.45) is -1.96. The number of rotatable bonds is 4. The maximum atomic E-state index is 12.2. The monoisotopic (exact) mass is 303 g/mol. The molecule has 4 nitrogen and oxygen atoms in total. The standard InChI is InChI=1S/C12H9ClF3N3O/c13-9-6-18-11(19-7-9)17-5-8-3-1-2-4-10(8)20-12(14,15)16/h1-4,6-7H,5H2,(H,17,18,19). The second kappa shape index (κ2) is 5.96. The summed E-state index contributed by atoms with van der Waals surface area (Å²) in [5, 5.41) is 3.16. The average Bonchev–Trinajstić information content (AvgIpc) is 2.38. The van der Waals surface area contributed by atoms with Crippen molar-refractivity contribution in [3.8, 4) is 5.75 Å². The molecule has 0 aliphatic heterocycles. The molecule has 0 radical (unpaired) electrons. The average molecular weight is 304 g/mol. The Balaban J connectivity index is 2.07. The number of benzene rings is 1. The van der Waals surface area contributed by atoms with Crippen LogP contribution < -0.4 is 10.1 Å². The van der Waals surface area contributed by atoms with Crippen molar-refractivity contribution in [2.24, 2.45) is 0 Å². The van der Waals surface area contributed by atoms with E-state index in [0.717, 1.165) is 0 Å². The Hall–Kier alpha value is -2.02. The highest BCUT2D eigenvalue weighted by molar-refractivity contribution is 6.30. The number of para-hydroxylation sites is 1. The van der Waals surface area contributed by atoms with Crippen molar-refractivity contribution in [3.05, 3.63) is 47.2 Å². The van der Waals surface area contributed by atoms with E-state index in [1.165, 1.54) is 30.6 Å². The SMILES string of the molecule is FC(F)(F)Oc1ccccc1CNc1ncc(Cl)cn1. The predicted octanol–water partition coefficient (Wildman–Crippen LogP) is 3.64. The number of ether oxygens (including phenoxy) is 1. The van der Waals surface area contributed by atoms with E-state index in [1.807, 2.05) is 0 Å². The third-order valence-corrected chi connectivity index (χ3v) is 2.45. The van der Waals surface area contributed by atoms with E-state index in [2.05, 4.69) is 20.0 Å². The Bertz CT molecular complexity index is 575. The van der Waals surface area contributed by atoms with Gasteiger partial charge in [0.15, 0.2) is 0 Å². The van der Waals surface area contributed by atoms with Crippen LogP contribution in [0, 0.1) is 0 Å². The summed E-state index contributed by atoms with van der Waals surface area (Å²) in [4.78, 5) is 7.76. The fourth-order valence-electron chi connectivity index (χ4n) is 1.45. The maximum absolute atomic E-state index is 12.2. The molecule has 20 heavy (non-hydrogen) atoms. The van der Waals surface area contributed by atoms with Crippen molar-refractivity contribution < 1.29 is 17.9 Å². The number of hydrogen-bond acceptors (Lipinski definition) is 4. The van der Waals surface area contributed by atoms with E-state index in [1.54, 1.807) is 6.07 Å². The largest absolute Gasteiger partial charge is 0.573 e. The minimum atomic E-state index is -4.73. The summed E-state index contributed by atoms with van der Waals surface area (Å²) in [6.45, 7) is 0.0912. The number of anilines is 1. The molecule has 0 bridgehead atoms. The zero-order valence-corrected chi connectivity index (χ0v) is 10.7. The molecule has 2 rings (SSSR count). The first-order valence-electron chi connectivity index (χ1n) is 5.49. The number of halogens is 4. The quantitative estimate of drug-likeness (QED) is 0.936. The second-order valence-corrected chi connectivity index (χ2v) is 4.17. The Labute approximate surface area is 117 Å². The molecular weight excluding hydrogens is 295 g/mol. The molecule has 2 aromatic rings. The molecule has 0 aliphatic rings. The number of nitrogens with one attached hydrogen (secondary N) is 1. The van der Waals surface area contributed by atoms with Crippen molar-refractivity contribution in [1.82, 2.24) is 9.97 Å². The number of nitrogens with zero attached hydrogens (tertiary/aromatic N) is 2. The van der Waals surface area contributed by atoms with E-state index in [9.17, 15) is 13.2 Å².